The van der Waals surface area contributed by atoms with Crippen molar-refractivity contribution >= 4 is 5.57 Å². The van der Waals surface area contributed by atoms with Crippen LogP contribution in [0.3, 0.4) is 0 Å². The number of rotatable bonds is 1. The van der Waals surface area contributed by atoms with E-state index >= 15 is 0 Å². The largest absolute Gasteiger partial charge is 0.0660 e. The minimum absolute atomic E-state index is 0.131. The molecule has 1 aliphatic carbocycles. The van der Waals surface area contributed by atoms with Crippen LogP contribution in [0.15, 0.2) is 54.6 Å². The van der Waals surface area contributed by atoms with Crippen molar-refractivity contribution in [3.8, 4) is 0 Å². The van der Waals surface area contributed by atoms with E-state index in [4.69, 9.17) is 0 Å². The van der Waals surface area contributed by atoms with Crippen LogP contribution in [0.2, 0.25) is 0 Å². The van der Waals surface area contributed by atoms with E-state index in [2.05, 4.69) is 75.4 Å². The maximum absolute atomic E-state index is 2.40. The smallest absolute Gasteiger partial charge is 0.00909 e. The zero-order valence-electron chi connectivity index (χ0n) is 11.2. The molecule has 2 aromatic carbocycles. The molecule has 0 radical (unpaired) electrons. The quantitative estimate of drug-likeness (QED) is 0.670. The SMILES string of the molecule is Cc1ccc2c(c1)C(C)(C)C=C2c1ccccc1. The number of fused-ring (bicyclic) bond motifs is 1. The van der Waals surface area contributed by atoms with Crippen LogP contribution in [-0.4, -0.2) is 0 Å². The zero-order chi connectivity index (χ0) is 12.8. The average molecular weight is 234 g/mol. The third-order valence-electron chi connectivity index (χ3n) is 3.75. The summed E-state index contributed by atoms with van der Waals surface area (Å²) in [5.41, 5.74) is 6.98. The standard InChI is InChI=1S/C18H18/c1-13-9-10-15-16(14-7-5-4-6-8-14)12-18(2,3)17(15)11-13/h4-12H,1-3H3. The molecule has 0 bridgehead atoms. The summed E-state index contributed by atoms with van der Waals surface area (Å²) in [5, 5.41) is 0. The number of hydrogen-bond donors (Lipinski definition) is 0. The van der Waals surface area contributed by atoms with E-state index in [9.17, 15) is 0 Å². The van der Waals surface area contributed by atoms with Gasteiger partial charge in [0.05, 0.1) is 0 Å². The van der Waals surface area contributed by atoms with E-state index < -0.39 is 0 Å². The van der Waals surface area contributed by atoms with Crippen molar-refractivity contribution in [1.82, 2.24) is 0 Å². The first-order valence-corrected chi connectivity index (χ1v) is 6.48. The van der Waals surface area contributed by atoms with Crippen molar-refractivity contribution < 1.29 is 0 Å². The minimum Gasteiger partial charge on any atom is -0.0660 e. The molecule has 0 N–H and O–H groups in total. The summed E-state index contributed by atoms with van der Waals surface area (Å²) in [6.45, 7) is 6.75. The summed E-state index contributed by atoms with van der Waals surface area (Å²) >= 11 is 0. The Balaban J connectivity index is 2.21. The summed E-state index contributed by atoms with van der Waals surface area (Å²) in [4.78, 5) is 0. The first-order chi connectivity index (χ1) is 8.58. The molecule has 0 atom stereocenters. The molecule has 1 aliphatic rings. The fraction of sp³-hybridized carbons (Fsp3) is 0.222. The Bertz CT molecular complexity index is 616. The van der Waals surface area contributed by atoms with E-state index in [0.717, 1.165) is 0 Å². The minimum atomic E-state index is 0.131. The Morgan fingerprint density at radius 3 is 2.33 bits per heavy atom. The molecule has 2 aromatic rings. The molecule has 90 valence electrons. The predicted molar refractivity (Wildman–Crippen MR) is 77.7 cm³/mol. The van der Waals surface area contributed by atoms with Gasteiger partial charge in [-0.05, 0) is 29.2 Å². The fourth-order valence-electron chi connectivity index (χ4n) is 2.80. The zero-order valence-corrected chi connectivity index (χ0v) is 11.2. The van der Waals surface area contributed by atoms with Crippen LogP contribution in [0.4, 0.5) is 0 Å². The molecule has 0 amide bonds. The van der Waals surface area contributed by atoms with Gasteiger partial charge in [-0.15, -0.1) is 0 Å². The maximum Gasteiger partial charge on any atom is 0.00909 e. The maximum atomic E-state index is 2.40. The third kappa shape index (κ3) is 1.69. The average Bonchev–Trinajstić information content (AvgIpc) is 2.63. The molecule has 0 aliphatic heterocycles. The van der Waals surface area contributed by atoms with Gasteiger partial charge in [0.1, 0.15) is 0 Å². The van der Waals surface area contributed by atoms with Crippen LogP contribution in [0.5, 0.6) is 0 Å². The predicted octanol–water partition coefficient (Wildman–Crippen LogP) is 4.72. The van der Waals surface area contributed by atoms with Gasteiger partial charge in [-0.1, -0.05) is 74.0 Å². The molecule has 0 fully saturated rings. The van der Waals surface area contributed by atoms with Gasteiger partial charge in [0, 0.05) is 5.41 Å². The Labute approximate surface area is 109 Å². The number of benzene rings is 2. The highest BCUT2D eigenvalue weighted by Gasteiger charge is 2.30. The van der Waals surface area contributed by atoms with Crippen LogP contribution in [0.1, 0.15) is 36.1 Å². The third-order valence-corrected chi connectivity index (χ3v) is 3.75. The molecule has 18 heavy (non-hydrogen) atoms. The van der Waals surface area contributed by atoms with Gasteiger partial charge in [0.25, 0.3) is 0 Å². The van der Waals surface area contributed by atoms with Gasteiger partial charge in [-0.2, -0.15) is 0 Å². The van der Waals surface area contributed by atoms with Crippen molar-refractivity contribution in [2.45, 2.75) is 26.2 Å². The fourth-order valence-corrected chi connectivity index (χ4v) is 2.80. The van der Waals surface area contributed by atoms with E-state index in [1.165, 1.54) is 27.8 Å². The topological polar surface area (TPSA) is 0 Å². The van der Waals surface area contributed by atoms with Gasteiger partial charge in [-0.3, -0.25) is 0 Å². The van der Waals surface area contributed by atoms with Crippen molar-refractivity contribution in [2.24, 2.45) is 0 Å². The summed E-state index contributed by atoms with van der Waals surface area (Å²) in [6, 6.07) is 17.5. The van der Waals surface area contributed by atoms with Crippen molar-refractivity contribution in [3.05, 3.63) is 76.9 Å². The number of aryl methyl sites for hydroxylation is 1. The first kappa shape index (κ1) is 11.3. The second kappa shape index (κ2) is 3.84. The van der Waals surface area contributed by atoms with Crippen molar-refractivity contribution in [2.75, 3.05) is 0 Å². The van der Waals surface area contributed by atoms with Crippen LogP contribution in [0.25, 0.3) is 5.57 Å². The molecule has 0 spiro atoms. The lowest BCUT2D eigenvalue weighted by atomic mass is 9.86. The normalized spacial score (nSPS) is 16.3. The summed E-state index contributed by atoms with van der Waals surface area (Å²) in [5.74, 6) is 0. The lowest BCUT2D eigenvalue weighted by molar-refractivity contribution is 0.682. The van der Waals surface area contributed by atoms with E-state index in [0.29, 0.717) is 0 Å². The molecule has 0 saturated carbocycles. The van der Waals surface area contributed by atoms with E-state index in [1.54, 1.807) is 0 Å². The molecular weight excluding hydrogens is 216 g/mol. The van der Waals surface area contributed by atoms with Gasteiger partial charge in [0.15, 0.2) is 0 Å². The second-order valence-electron chi connectivity index (χ2n) is 5.69. The Hall–Kier alpha value is -1.82. The lowest BCUT2D eigenvalue weighted by Crippen LogP contribution is -2.10. The van der Waals surface area contributed by atoms with Crippen LogP contribution < -0.4 is 0 Å². The van der Waals surface area contributed by atoms with Crippen LogP contribution in [0, 0.1) is 6.92 Å². The van der Waals surface area contributed by atoms with Gasteiger partial charge in [-0.25, -0.2) is 0 Å². The second-order valence-corrected chi connectivity index (χ2v) is 5.69. The molecule has 0 unspecified atom stereocenters. The Morgan fingerprint density at radius 2 is 1.61 bits per heavy atom. The molecule has 0 aromatic heterocycles. The number of allylic oxidation sites excluding steroid dienone is 1. The summed E-state index contributed by atoms with van der Waals surface area (Å²) < 4.78 is 0. The van der Waals surface area contributed by atoms with Crippen molar-refractivity contribution in [3.63, 3.8) is 0 Å². The Kier molecular flexibility index (Phi) is 2.41. The first-order valence-electron chi connectivity index (χ1n) is 6.48. The van der Waals surface area contributed by atoms with Crippen molar-refractivity contribution in [1.29, 1.82) is 0 Å². The van der Waals surface area contributed by atoms with Gasteiger partial charge >= 0.3 is 0 Å². The molecule has 3 rings (SSSR count). The van der Waals surface area contributed by atoms with E-state index in [1.807, 2.05) is 0 Å². The highest BCUT2D eigenvalue weighted by Crippen LogP contribution is 2.43. The van der Waals surface area contributed by atoms with Crippen LogP contribution >= 0.6 is 0 Å². The molecule has 0 saturated heterocycles. The molecular formula is C18H18. The molecule has 0 heteroatoms. The monoisotopic (exact) mass is 234 g/mol. The highest BCUT2D eigenvalue weighted by molar-refractivity contribution is 5.86. The Morgan fingerprint density at radius 1 is 0.889 bits per heavy atom. The molecule has 0 nitrogen and oxygen atoms in total. The summed E-state index contributed by atoms with van der Waals surface area (Å²) in [7, 11) is 0. The van der Waals surface area contributed by atoms with Crippen LogP contribution in [-0.2, 0) is 5.41 Å². The summed E-state index contributed by atoms with van der Waals surface area (Å²) in [6.07, 6.45) is 2.40. The number of hydrogen-bond acceptors (Lipinski definition) is 0. The van der Waals surface area contributed by atoms with Gasteiger partial charge < -0.3 is 0 Å². The van der Waals surface area contributed by atoms with E-state index in [-0.39, 0.29) is 5.41 Å². The highest BCUT2D eigenvalue weighted by atomic mass is 14.3. The molecule has 0 heterocycles. The lowest BCUT2D eigenvalue weighted by Gasteiger charge is -2.17. The van der Waals surface area contributed by atoms with Gasteiger partial charge in [0.2, 0.25) is 0 Å².